The van der Waals surface area contributed by atoms with Gasteiger partial charge in [-0.1, -0.05) is 24.3 Å². The van der Waals surface area contributed by atoms with Crippen LogP contribution in [-0.4, -0.2) is 11.4 Å². The van der Waals surface area contributed by atoms with Crippen LogP contribution in [0.15, 0.2) is 39.9 Å². The van der Waals surface area contributed by atoms with Crippen LogP contribution < -0.4 is 0 Å². The Kier molecular flexibility index (Phi) is 1.90. The molecule has 0 aromatic heterocycles. The first-order chi connectivity index (χ1) is 8.33. The minimum atomic E-state index is -0.224. The van der Waals surface area contributed by atoms with Crippen LogP contribution in [0.2, 0.25) is 0 Å². The van der Waals surface area contributed by atoms with E-state index in [1.165, 1.54) is 0 Å². The molecule has 1 atom stereocenters. The summed E-state index contributed by atoms with van der Waals surface area (Å²) in [6.07, 6.45) is 1.91. The molecule has 0 N–H and O–H groups in total. The van der Waals surface area contributed by atoms with Crippen molar-refractivity contribution in [2.45, 2.75) is 6.04 Å². The van der Waals surface area contributed by atoms with Crippen molar-refractivity contribution in [2.75, 3.05) is 0 Å². The van der Waals surface area contributed by atoms with Crippen LogP contribution in [-0.2, 0) is 0 Å². The lowest BCUT2D eigenvalue weighted by atomic mass is 10.1. The van der Waals surface area contributed by atoms with Gasteiger partial charge < -0.3 is 0 Å². The molecule has 17 heavy (non-hydrogen) atoms. The zero-order valence-corrected chi connectivity index (χ0v) is 8.75. The van der Waals surface area contributed by atoms with Gasteiger partial charge in [0.2, 0.25) is 0 Å². The topological polar surface area (TPSA) is 72.3 Å². The van der Waals surface area contributed by atoms with Gasteiger partial charge in [-0.05, 0) is 17.2 Å². The zero-order chi connectivity index (χ0) is 11.8. The first kappa shape index (κ1) is 9.50. The quantitative estimate of drug-likeness (QED) is 0.668. The number of fused-ring (bicyclic) bond motifs is 3. The number of hydrogen-bond donors (Lipinski definition) is 0. The lowest BCUT2D eigenvalue weighted by Gasteiger charge is -2.13. The molecule has 1 aliphatic carbocycles. The van der Waals surface area contributed by atoms with Crippen LogP contribution in [0.1, 0.15) is 17.2 Å². The van der Waals surface area contributed by atoms with E-state index in [1.807, 2.05) is 42.5 Å². The van der Waals surface area contributed by atoms with Crippen molar-refractivity contribution in [2.24, 2.45) is 9.98 Å². The van der Waals surface area contributed by atoms with Crippen LogP contribution in [0.25, 0.3) is 6.08 Å². The average Bonchev–Trinajstić information content (AvgIpc) is 2.74. The van der Waals surface area contributed by atoms with Gasteiger partial charge in [-0.2, -0.15) is 10.5 Å². The summed E-state index contributed by atoms with van der Waals surface area (Å²) in [4.78, 5) is 8.48. The fraction of sp³-hybridized carbons (Fsp3) is 0.0769. The van der Waals surface area contributed by atoms with E-state index < -0.39 is 0 Å². The zero-order valence-electron chi connectivity index (χ0n) is 8.75. The molecule has 0 spiro atoms. The monoisotopic (exact) mass is 218 g/mol. The van der Waals surface area contributed by atoms with Crippen molar-refractivity contribution in [3.8, 4) is 12.1 Å². The Labute approximate surface area is 97.9 Å². The molecule has 2 aliphatic rings. The molecule has 3 rings (SSSR count). The van der Waals surface area contributed by atoms with Crippen molar-refractivity contribution >= 4 is 17.5 Å². The summed E-state index contributed by atoms with van der Waals surface area (Å²) < 4.78 is 0. The van der Waals surface area contributed by atoms with Crippen molar-refractivity contribution in [3.63, 3.8) is 0 Å². The Hall–Kier alpha value is -2.72. The summed E-state index contributed by atoms with van der Waals surface area (Å²) in [6, 6.07) is 11.4. The van der Waals surface area contributed by atoms with Gasteiger partial charge in [0.25, 0.3) is 0 Å². The lowest BCUT2D eigenvalue weighted by molar-refractivity contribution is 0.855. The van der Waals surface area contributed by atoms with Gasteiger partial charge in [-0.15, -0.1) is 0 Å². The highest BCUT2D eigenvalue weighted by atomic mass is 15.0. The van der Waals surface area contributed by atoms with E-state index >= 15 is 0 Å². The fourth-order valence-corrected chi connectivity index (χ4v) is 2.05. The van der Waals surface area contributed by atoms with E-state index in [0.717, 1.165) is 16.8 Å². The number of aliphatic imine (C=N–C) groups is 2. The number of rotatable bonds is 0. The van der Waals surface area contributed by atoms with E-state index in [0.29, 0.717) is 0 Å². The Morgan fingerprint density at radius 2 is 1.82 bits per heavy atom. The van der Waals surface area contributed by atoms with E-state index in [1.54, 1.807) is 0 Å². The van der Waals surface area contributed by atoms with Crippen LogP contribution in [0, 0.1) is 22.7 Å². The van der Waals surface area contributed by atoms with Crippen molar-refractivity contribution in [1.29, 1.82) is 10.5 Å². The van der Waals surface area contributed by atoms with Gasteiger partial charge in [0.05, 0.1) is 5.70 Å². The fourth-order valence-electron chi connectivity index (χ4n) is 2.05. The molecule has 0 bridgehead atoms. The predicted molar refractivity (Wildman–Crippen MR) is 63.3 cm³/mol. The number of nitriles is 2. The molecule has 1 heterocycles. The molecule has 4 heteroatoms. The summed E-state index contributed by atoms with van der Waals surface area (Å²) in [5, 5.41) is 17.8. The van der Waals surface area contributed by atoms with Crippen LogP contribution in [0.3, 0.4) is 0 Å². The molecule has 1 unspecified atom stereocenters. The molecular formula is C13H6N4. The highest BCUT2D eigenvalue weighted by Gasteiger charge is 2.29. The van der Waals surface area contributed by atoms with E-state index in [4.69, 9.17) is 10.5 Å². The summed E-state index contributed by atoms with van der Waals surface area (Å²) in [5.41, 5.74) is 3.04. The minimum Gasteiger partial charge on any atom is -0.257 e. The van der Waals surface area contributed by atoms with Crippen molar-refractivity contribution < 1.29 is 0 Å². The SMILES string of the molecule is N#CC1=NC2=Cc3ccccc3C2N=C1C#N. The third kappa shape index (κ3) is 1.28. The van der Waals surface area contributed by atoms with Crippen LogP contribution in [0.5, 0.6) is 0 Å². The lowest BCUT2D eigenvalue weighted by Crippen LogP contribution is -2.17. The average molecular weight is 218 g/mol. The highest BCUT2D eigenvalue weighted by Crippen LogP contribution is 2.39. The second-order valence-corrected chi connectivity index (χ2v) is 3.76. The molecule has 0 saturated heterocycles. The Morgan fingerprint density at radius 3 is 2.59 bits per heavy atom. The maximum absolute atomic E-state index is 8.93. The molecule has 4 nitrogen and oxygen atoms in total. The van der Waals surface area contributed by atoms with Crippen LogP contribution in [0.4, 0.5) is 0 Å². The standard InChI is InChI=1S/C13H6N4/c14-6-11-12(7-15)17-13-9-4-2-1-3-8(9)5-10(13)16-11/h1-5,13H. The summed E-state index contributed by atoms with van der Waals surface area (Å²) in [7, 11) is 0. The smallest absolute Gasteiger partial charge is 0.176 e. The van der Waals surface area contributed by atoms with Crippen LogP contribution >= 0.6 is 0 Å². The maximum Gasteiger partial charge on any atom is 0.176 e. The van der Waals surface area contributed by atoms with Gasteiger partial charge in [-0.3, -0.25) is 4.99 Å². The van der Waals surface area contributed by atoms with E-state index in [-0.39, 0.29) is 17.5 Å². The van der Waals surface area contributed by atoms with Crippen molar-refractivity contribution in [1.82, 2.24) is 0 Å². The molecule has 1 aromatic rings. The number of benzene rings is 1. The molecule has 1 aliphatic heterocycles. The van der Waals surface area contributed by atoms with Gasteiger partial charge in [0, 0.05) is 0 Å². The normalized spacial score (nSPS) is 20.1. The first-order valence-corrected chi connectivity index (χ1v) is 5.11. The molecule has 1 aromatic carbocycles. The molecule has 78 valence electrons. The Morgan fingerprint density at radius 1 is 1.06 bits per heavy atom. The third-order valence-electron chi connectivity index (χ3n) is 2.81. The van der Waals surface area contributed by atoms with Crippen molar-refractivity contribution in [3.05, 3.63) is 41.1 Å². The largest absolute Gasteiger partial charge is 0.257 e. The Bertz CT molecular complexity index is 680. The molecule has 0 radical (unpaired) electrons. The summed E-state index contributed by atoms with van der Waals surface area (Å²) in [6.45, 7) is 0. The summed E-state index contributed by atoms with van der Waals surface area (Å²) in [5.74, 6) is 0. The minimum absolute atomic E-state index is 0.0998. The molecule has 0 saturated carbocycles. The van der Waals surface area contributed by atoms with Gasteiger partial charge >= 0.3 is 0 Å². The van der Waals surface area contributed by atoms with E-state index in [9.17, 15) is 0 Å². The number of hydrogen-bond acceptors (Lipinski definition) is 4. The van der Waals surface area contributed by atoms with Gasteiger partial charge in [0.15, 0.2) is 11.4 Å². The maximum atomic E-state index is 8.93. The molecule has 0 fully saturated rings. The second-order valence-electron chi connectivity index (χ2n) is 3.76. The second kappa shape index (κ2) is 3.40. The van der Waals surface area contributed by atoms with E-state index in [2.05, 4.69) is 9.98 Å². The highest BCUT2D eigenvalue weighted by molar-refractivity contribution is 6.54. The third-order valence-corrected chi connectivity index (χ3v) is 2.81. The molecular weight excluding hydrogens is 212 g/mol. The Balaban J connectivity index is 2.19. The van der Waals surface area contributed by atoms with Gasteiger partial charge in [0.1, 0.15) is 18.2 Å². The number of nitrogens with zero attached hydrogens (tertiary/aromatic N) is 4. The summed E-state index contributed by atoms with van der Waals surface area (Å²) >= 11 is 0. The first-order valence-electron chi connectivity index (χ1n) is 5.11. The molecule has 0 amide bonds. The predicted octanol–water partition coefficient (Wildman–Crippen LogP) is 2.02. The van der Waals surface area contributed by atoms with Gasteiger partial charge in [-0.25, -0.2) is 4.99 Å².